The Kier molecular flexibility index (Phi) is 4.20. The van der Waals surface area contributed by atoms with Gasteiger partial charge in [-0.1, -0.05) is 83.5 Å². The second kappa shape index (κ2) is 6.26. The molecule has 130 valence electrons. The summed E-state index contributed by atoms with van der Waals surface area (Å²) in [7, 11) is 0. The Hall–Kier alpha value is -1.65. The van der Waals surface area contributed by atoms with E-state index in [1.165, 1.54) is 0 Å². The zero-order valence-corrected chi connectivity index (χ0v) is 16.0. The first-order valence-corrected chi connectivity index (χ1v) is 9.65. The summed E-state index contributed by atoms with van der Waals surface area (Å²) >= 11 is 3.81. The number of rotatable bonds is 5. The molecule has 0 radical (unpaired) electrons. The molecular weight excluding hydrogens is 378 g/mol. The van der Waals surface area contributed by atoms with E-state index in [9.17, 15) is 4.79 Å². The maximum atomic E-state index is 13.2. The lowest BCUT2D eigenvalue weighted by atomic mass is 9.77. The predicted octanol–water partition coefficient (Wildman–Crippen LogP) is 4.64. The number of likely N-dealkylation sites (tertiary alicyclic amines) is 1. The summed E-state index contributed by atoms with van der Waals surface area (Å²) in [6, 6.07) is 20.5. The second-order valence-electron chi connectivity index (χ2n) is 6.88. The average molecular weight is 400 g/mol. The van der Waals surface area contributed by atoms with Crippen molar-refractivity contribution in [2.24, 2.45) is 0 Å². The number of carbonyl (C=O) groups excluding carboxylic acids is 1. The molecular formula is C21H22BrNO2. The van der Waals surface area contributed by atoms with E-state index in [4.69, 9.17) is 4.74 Å². The first-order chi connectivity index (χ1) is 12.1. The third kappa shape index (κ3) is 2.54. The van der Waals surface area contributed by atoms with Gasteiger partial charge in [0.2, 0.25) is 5.91 Å². The molecule has 2 aromatic carbocycles. The van der Waals surface area contributed by atoms with Gasteiger partial charge in [0.1, 0.15) is 6.10 Å². The van der Waals surface area contributed by atoms with Crippen molar-refractivity contribution in [1.82, 2.24) is 4.90 Å². The second-order valence-corrected chi connectivity index (χ2v) is 8.20. The molecule has 2 fully saturated rings. The Morgan fingerprint density at radius 1 is 1.12 bits per heavy atom. The monoisotopic (exact) mass is 399 g/mol. The van der Waals surface area contributed by atoms with Crippen molar-refractivity contribution >= 4 is 21.8 Å². The molecule has 3 nitrogen and oxygen atoms in total. The molecule has 0 bridgehead atoms. The normalized spacial score (nSPS) is 32.2. The highest BCUT2D eigenvalue weighted by atomic mass is 79.9. The van der Waals surface area contributed by atoms with Gasteiger partial charge in [-0.25, -0.2) is 0 Å². The van der Waals surface area contributed by atoms with Gasteiger partial charge < -0.3 is 9.64 Å². The number of carbonyl (C=O) groups is 1. The van der Waals surface area contributed by atoms with Crippen molar-refractivity contribution < 1.29 is 9.53 Å². The van der Waals surface area contributed by atoms with E-state index in [2.05, 4.69) is 54.0 Å². The Bertz CT molecular complexity index is 766. The minimum atomic E-state index is -0.655. The molecule has 4 heteroatoms. The highest BCUT2D eigenvalue weighted by Crippen LogP contribution is 2.59. The number of epoxide rings is 1. The van der Waals surface area contributed by atoms with E-state index >= 15 is 0 Å². The van der Waals surface area contributed by atoms with Crippen molar-refractivity contribution in [2.45, 2.75) is 48.9 Å². The zero-order valence-electron chi connectivity index (χ0n) is 14.4. The van der Waals surface area contributed by atoms with E-state index in [1.54, 1.807) is 0 Å². The summed E-state index contributed by atoms with van der Waals surface area (Å²) in [6.07, 6.45) is 1.05. The van der Waals surface area contributed by atoms with Crippen LogP contribution in [0.25, 0.3) is 0 Å². The fourth-order valence-corrected chi connectivity index (χ4v) is 5.09. The number of ether oxygens (including phenoxy) is 1. The largest absolute Gasteiger partial charge is 0.367 e. The number of β-lactam (4-membered cyclic amide) rings is 1. The van der Waals surface area contributed by atoms with Crippen molar-refractivity contribution in [3.63, 3.8) is 0 Å². The molecule has 2 aliphatic heterocycles. The molecule has 0 N–H and O–H groups in total. The van der Waals surface area contributed by atoms with E-state index in [0.717, 1.165) is 17.5 Å². The number of amides is 1. The van der Waals surface area contributed by atoms with Gasteiger partial charge in [0.25, 0.3) is 0 Å². The number of hydrogen-bond acceptors (Lipinski definition) is 2. The quantitative estimate of drug-likeness (QED) is 0.416. The van der Waals surface area contributed by atoms with Gasteiger partial charge >= 0.3 is 0 Å². The van der Waals surface area contributed by atoms with Crippen LogP contribution in [0.3, 0.4) is 0 Å². The first-order valence-electron chi connectivity index (χ1n) is 8.86. The number of benzene rings is 2. The first kappa shape index (κ1) is 16.8. The van der Waals surface area contributed by atoms with Gasteiger partial charge in [0, 0.05) is 0 Å². The smallest absolute Gasteiger partial charge is 0.245 e. The molecule has 2 saturated heterocycles. The number of nitrogens with zero attached hydrogens (tertiary/aromatic N) is 1. The van der Waals surface area contributed by atoms with Crippen LogP contribution in [0.15, 0.2) is 60.7 Å². The lowest BCUT2D eigenvalue weighted by Crippen LogP contribution is -2.68. The minimum Gasteiger partial charge on any atom is -0.367 e. The van der Waals surface area contributed by atoms with Crippen molar-refractivity contribution in [1.29, 1.82) is 0 Å². The summed E-state index contributed by atoms with van der Waals surface area (Å²) < 4.78 is 5.18. The van der Waals surface area contributed by atoms with Crippen LogP contribution in [0, 0.1) is 0 Å². The summed E-state index contributed by atoms with van der Waals surface area (Å²) in [5.74, 6) is 0.124. The van der Waals surface area contributed by atoms with Crippen LogP contribution in [0.2, 0.25) is 0 Å². The fourth-order valence-electron chi connectivity index (χ4n) is 4.00. The molecule has 0 unspecified atom stereocenters. The van der Waals surface area contributed by atoms with Crippen LogP contribution in [0.1, 0.15) is 43.5 Å². The summed E-state index contributed by atoms with van der Waals surface area (Å²) in [5, 5.41) is 0. The SMILES string of the molecule is CC[C@@H]1O[C@H]1[C@]1(Br)C(=O)N([C@@H](C)c2ccccc2)[C@H]1c1ccccc1. The molecule has 25 heavy (non-hydrogen) atoms. The van der Waals surface area contributed by atoms with Crippen LogP contribution in [0.4, 0.5) is 0 Å². The highest BCUT2D eigenvalue weighted by Gasteiger charge is 2.71. The molecule has 0 saturated carbocycles. The highest BCUT2D eigenvalue weighted by molar-refractivity contribution is 9.10. The van der Waals surface area contributed by atoms with Gasteiger partial charge in [-0.05, 0) is 24.5 Å². The van der Waals surface area contributed by atoms with Crippen LogP contribution in [0.5, 0.6) is 0 Å². The van der Waals surface area contributed by atoms with Crippen LogP contribution < -0.4 is 0 Å². The molecule has 1 amide bonds. The number of alkyl halides is 1. The minimum absolute atomic E-state index is 0.0170. The van der Waals surface area contributed by atoms with Gasteiger partial charge in [-0.3, -0.25) is 4.79 Å². The summed E-state index contributed by atoms with van der Waals surface area (Å²) in [6.45, 7) is 4.20. The number of halogens is 1. The molecule has 0 aliphatic carbocycles. The van der Waals surface area contributed by atoms with Crippen LogP contribution in [-0.4, -0.2) is 27.3 Å². The van der Waals surface area contributed by atoms with Gasteiger partial charge in [0.15, 0.2) is 4.32 Å². The summed E-state index contributed by atoms with van der Waals surface area (Å²) in [4.78, 5) is 15.2. The molecule has 5 atom stereocenters. The topological polar surface area (TPSA) is 32.8 Å². The number of hydrogen-bond donors (Lipinski definition) is 0. The Labute approximate surface area is 157 Å². The molecule has 0 spiro atoms. The van der Waals surface area contributed by atoms with Gasteiger partial charge in [-0.15, -0.1) is 0 Å². The van der Waals surface area contributed by atoms with Crippen molar-refractivity contribution in [3.8, 4) is 0 Å². The summed E-state index contributed by atoms with van der Waals surface area (Å²) in [5.41, 5.74) is 2.29. The van der Waals surface area contributed by atoms with Gasteiger partial charge in [0.05, 0.1) is 18.2 Å². The molecule has 2 heterocycles. The molecule has 2 aromatic rings. The third-order valence-electron chi connectivity index (χ3n) is 5.45. The third-order valence-corrected chi connectivity index (χ3v) is 6.68. The maximum absolute atomic E-state index is 13.2. The molecule has 2 aliphatic rings. The standard InChI is InChI=1S/C21H22BrNO2/c1-3-17-19(25-17)21(22)18(16-12-8-5-9-13-16)23(20(21)24)14(2)15-10-6-4-7-11-15/h4-14,17-19H,3H2,1-2H3/t14-,17-,18-,19+,21-/m0/s1. The van der Waals surface area contributed by atoms with Gasteiger partial charge in [-0.2, -0.15) is 0 Å². The van der Waals surface area contributed by atoms with E-state index in [-0.39, 0.29) is 30.2 Å². The fraction of sp³-hybridized carbons (Fsp3) is 0.381. The lowest BCUT2D eigenvalue weighted by molar-refractivity contribution is -0.157. The Morgan fingerprint density at radius 2 is 1.72 bits per heavy atom. The van der Waals surface area contributed by atoms with Crippen LogP contribution in [-0.2, 0) is 9.53 Å². The van der Waals surface area contributed by atoms with Crippen molar-refractivity contribution in [3.05, 3.63) is 71.8 Å². The van der Waals surface area contributed by atoms with E-state index in [1.807, 2.05) is 41.3 Å². The Morgan fingerprint density at radius 3 is 2.28 bits per heavy atom. The van der Waals surface area contributed by atoms with E-state index in [0.29, 0.717) is 0 Å². The Balaban J connectivity index is 1.71. The predicted molar refractivity (Wildman–Crippen MR) is 101 cm³/mol. The average Bonchev–Trinajstić information content (AvgIpc) is 3.46. The van der Waals surface area contributed by atoms with Crippen molar-refractivity contribution in [2.75, 3.05) is 0 Å². The molecule has 4 rings (SSSR count). The maximum Gasteiger partial charge on any atom is 0.245 e. The van der Waals surface area contributed by atoms with E-state index < -0.39 is 4.32 Å². The van der Waals surface area contributed by atoms with Crippen LogP contribution >= 0.6 is 15.9 Å². The lowest BCUT2D eigenvalue weighted by Gasteiger charge is -2.55. The zero-order chi connectivity index (χ0) is 17.6. The molecule has 0 aromatic heterocycles.